The molecule has 0 aliphatic carbocycles. The van der Waals surface area contributed by atoms with Crippen molar-refractivity contribution in [1.82, 2.24) is 78.7 Å². The average Bonchev–Trinajstić information content (AvgIpc) is 1.71. The van der Waals surface area contributed by atoms with Gasteiger partial charge in [-0.3, -0.25) is 71.9 Å². The lowest BCUT2D eigenvalue weighted by molar-refractivity contribution is -0.146. The third-order valence-electron chi connectivity index (χ3n) is 21.6. The molecular formula is C86H117N17O20S2. The molecule has 0 spiro atoms. The van der Waals surface area contributed by atoms with Crippen molar-refractivity contribution in [1.29, 1.82) is 0 Å². The molecule has 0 radical (unpaired) electrons. The third kappa shape index (κ3) is 30.1. The van der Waals surface area contributed by atoms with Gasteiger partial charge in [0, 0.05) is 84.4 Å². The lowest BCUT2D eigenvalue weighted by atomic mass is 9.96. The molecule has 0 bridgehead atoms. The second-order valence-corrected chi connectivity index (χ2v) is 32.7. The predicted octanol–water partition coefficient (Wildman–Crippen LogP) is 0.942. The first-order valence-corrected chi connectivity index (χ1v) is 42.9. The molecule has 15 atom stereocenters. The zero-order valence-electron chi connectivity index (χ0n) is 70.8. The molecule has 7 rings (SSSR count). The summed E-state index contributed by atoms with van der Waals surface area (Å²) in [5.41, 5.74) is 15.5. The minimum atomic E-state index is -1.91. The monoisotopic (exact) mass is 1770 g/mol. The number of phenolic OH excluding ortho intramolecular Hbond substituents is 1. The van der Waals surface area contributed by atoms with Crippen molar-refractivity contribution >= 4 is 142 Å². The smallest absolute Gasteiger partial charge is 0.326 e. The number of likely N-dealkylation sites (tertiary alicyclic amines) is 1. The number of phenols is 1. The number of carbonyl (C=O) groups is 16. The molecule has 1 aliphatic rings. The number of aliphatic carboxylic acids is 3. The van der Waals surface area contributed by atoms with Crippen molar-refractivity contribution in [3.8, 4) is 5.75 Å². The van der Waals surface area contributed by atoms with Gasteiger partial charge in [0.2, 0.25) is 76.8 Å². The maximum atomic E-state index is 14.9. The van der Waals surface area contributed by atoms with Gasteiger partial charge >= 0.3 is 17.9 Å². The summed E-state index contributed by atoms with van der Waals surface area (Å²) in [6.07, 6.45) is 2.20. The Morgan fingerprint density at radius 1 is 0.472 bits per heavy atom. The summed E-state index contributed by atoms with van der Waals surface area (Å²) in [4.78, 5) is 231. The number of hydrogen-bond acceptors (Lipinski definition) is 21. The maximum Gasteiger partial charge on any atom is 0.326 e. The molecule has 39 heteroatoms. The summed E-state index contributed by atoms with van der Waals surface area (Å²) in [6, 6.07) is 7.90. The van der Waals surface area contributed by atoms with Crippen LogP contribution < -0.4 is 75.3 Å². The number of nitrogens with zero attached hydrogens (tertiary/aromatic N) is 1. The van der Waals surface area contributed by atoms with Crippen LogP contribution >= 0.6 is 25.3 Å². The van der Waals surface area contributed by atoms with Crippen molar-refractivity contribution in [2.75, 3.05) is 24.6 Å². The fraction of sp³-hybridized carbons (Fsp3) is 0.488. The minimum Gasteiger partial charge on any atom is -0.508 e. The van der Waals surface area contributed by atoms with Crippen LogP contribution in [0.3, 0.4) is 0 Å². The highest BCUT2D eigenvalue weighted by molar-refractivity contribution is 7.80. The normalized spacial score (nSPS) is 15.9. The van der Waals surface area contributed by atoms with Crippen LogP contribution in [0.2, 0.25) is 0 Å². The van der Waals surface area contributed by atoms with Crippen molar-refractivity contribution in [2.45, 2.75) is 223 Å². The molecule has 13 amide bonds. The van der Waals surface area contributed by atoms with E-state index in [9.17, 15) is 97.1 Å². The number of rotatable bonds is 50. The second kappa shape index (κ2) is 48.8. The van der Waals surface area contributed by atoms with Crippen molar-refractivity contribution in [3.63, 3.8) is 0 Å². The molecule has 4 aromatic carbocycles. The number of aromatic nitrogens is 2. The van der Waals surface area contributed by atoms with Gasteiger partial charge in [0.15, 0.2) is 0 Å². The van der Waals surface area contributed by atoms with Crippen molar-refractivity contribution in [2.24, 2.45) is 29.2 Å². The number of unbranched alkanes of at least 4 members (excludes halogenated alkanes) is 1. The van der Waals surface area contributed by atoms with Gasteiger partial charge in [-0.15, -0.1) is 0 Å². The number of thiol groups is 2. The van der Waals surface area contributed by atoms with E-state index in [2.05, 4.69) is 99.0 Å². The lowest BCUT2D eigenvalue weighted by Crippen LogP contribution is -2.62. The van der Waals surface area contributed by atoms with Gasteiger partial charge < -0.3 is 111 Å². The summed E-state index contributed by atoms with van der Waals surface area (Å²) in [5, 5.41) is 72.6. The number of hydrogen-bond donors (Lipinski definition) is 22. The molecule has 2 aromatic heterocycles. The first-order chi connectivity index (χ1) is 59.4. The molecule has 0 unspecified atom stereocenters. The summed E-state index contributed by atoms with van der Waals surface area (Å²) >= 11 is 8.65. The van der Waals surface area contributed by atoms with E-state index < -0.39 is 216 Å². The van der Waals surface area contributed by atoms with Crippen LogP contribution in [-0.4, -0.2) is 239 Å². The van der Waals surface area contributed by atoms with E-state index in [0.717, 1.165) is 15.8 Å². The number of nitrogens with one attached hydrogen (secondary N) is 14. The van der Waals surface area contributed by atoms with Crippen LogP contribution in [0.1, 0.15) is 135 Å². The summed E-state index contributed by atoms with van der Waals surface area (Å²) in [7, 11) is 0. The number of fused-ring (bicyclic) bond motifs is 2. The second-order valence-electron chi connectivity index (χ2n) is 32.0. The number of nitrogens with two attached hydrogens (primary N) is 2. The Balaban J connectivity index is 1.03. The number of aromatic amines is 2. The lowest BCUT2D eigenvalue weighted by Gasteiger charge is -2.31. The molecule has 0 saturated carbocycles. The summed E-state index contributed by atoms with van der Waals surface area (Å²) in [6.45, 7) is 11.4. The van der Waals surface area contributed by atoms with Crippen molar-refractivity contribution < 1.29 is 97.1 Å². The van der Waals surface area contributed by atoms with E-state index in [1.807, 2.05) is 18.2 Å². The van der Waals surface area contributed by atoms with Gasteiger partial charge in [-0.1, -0.05) is 133 Å². The molecule has 22 N–H and O–H groups in total. The van der Waals surface area contributed by atoms with Gasteiger partial charge in [0.25, 0.3) is 0 Å². The number of aromatic hydroxyl groups is 1. The van der Waals surface area contributed by atoms with Gasteiger partial charge in [-0.2, -0.15) is 25.3 Å². The number of benzene rings is 4. The van der Waals surface area contributed by atoms with E-state index in [1.165, 1.54) is 31.2 Å². The number of carboxylic acid groups (broad SMARTS) is 3. The standard InChI is InChI=1S/C86H117N17O20S2/c1-8-47(6)72(84(120)98-65(86(122)123)37-49-19-10-9-11-20-49)102-75(111)59(31-32-69(105)106)92-81(117)67(44-125)100-83(119)71(46(4)5)101-79(115)60(35-45(2)3)96-82(118)68-26-18-34-103(68)85(121)64(40-70(107)108)97-78(114)62(38-51-41-89-57-24-14-12-21-54(51)57)93-73(109)48(7)91-80(116)66(43-124)99-76(112)61(36-50-27-29-53(104)30-28-50)95-77(113)63(94-74(110)56(88)23-16-17-33-87)39-52-42-90-58-25-15-13-22-55(52)58/h9-15,19-22,24-25,27-30,41-42,45-48,56,59-68,71-72,89-90,104,124-125H,8,16-18,23,26,31-40,43-44,87-88H2,1-7H3,(H,91,116)(H,92,117)(H,93,109)(H,94,110)(H,95,113)(H,96,118)(H,97,114)(H,98,120)(H,99,112)(H,100,119)(H,101,115)(H,102,111)(H,105,106)(H,107,108)(H,122,123)/t47-,48-,56-,59-,60-,61-,62-,63-,64-,65-,66-,67-,68-,71-,72-/m0/s1. The first kappa shape index (κ1) is 100.0. The van der Waals surface area contributed by atoms with Crippen LogP contribution in [0.5, 0.6) is 5.75 Å². The van der Waals surface area contributed by atoms with Crippen molar-refractivity contribution in [3.05, 3.63) is 138 Å². The molecule has 1 fully saturated rings. The Bertz CT molecular complexity index is 4760. The topological polar surface area (TPSA) is 585 Å². The minimum absolute atomic E-state index is 0.0146. The molecule has 1 aliphatic heterocycles. The highest BCUT2D eigenvalue weighted by Crippen LogP contribution is 2.25. The molecule has 37 nitrogen and oxygen atoms in total. The van der Waals surface area contributed by atoms with Crippen LogP contribution in [0, 0.1) is 17.8 Å². The highest BCUT2D eigenvalue weighted by Gasteiger charge is 2.43. The fourth-order valence-corrected chi connectivity index (χ4v) is 14.8. The van der Waals surface area contributed by atoms with Gasteiger partial charge in [0.05, 0.1) is 12.5 Å². The summed E-state index contributed by atoms with van der Waals surface area (Å²) in [5.74, 6) is -18.8. The highest BCUT2D eigenvalue weighted by atomic mass is 32.1. The number of H-pyrrole nitrogens is 2. The number of carbonyl (C=O) groups excluding carboxylic acids is 13. The molecular weight excluding hydrogens is 1660 g/mol. The van der Waals surface area contributed by atoms with E-state index >= 15 is 0 Å². The first-order valence-electron chi connectivity index (χ1n) is 41.6. The predicted molar refractivity (Wildman–Crippen MR) is 469 cm³/mol. The Hall–Kier alpha value is -12.1. The Morgan fingerprint density at radius 3 is 1.46 bits per heavy atom. The molecule has 6 aromatic rings. The number of para-hydroxylation sites is 2. The Kier molecular flexibility index (Phi) is 39.1. The fourth-order valence-electron chi connectivity index (χ4n) is 14.3. The van der Waals surface area contributed by atoms with Crippen LogP contribution in [-0.2, 0) is 102 Å². The van der Waals surface area contributed by atoms with Gasteiger partial charge in [-0.25, -0.2) is 4.79 Å². The molecule has 3 heterocycles. The molecule has 1 saturated heterocycles. The zero-order valence-corrected chi connectivity index (χ0v) is 72.6. The van der Waals surface area contributed by atoms with E-state index in [0.29, 0.717) is 59.0 Å². The third-order valence-corrected chi connectivity index (χ3v) is 22.3. The number of carboxylic acids is 3. The van der Waals surface area contributed by atoms with Gasteiger partial charge in [-0.05, 0) is 116 Å². The van der Waals surface area contributed by atoms with E-state index in [1.54, 1.807) is 115 Å². The maximum absolute atomic E-state index is 14.9. The van der Waals surface area contributed by atoms with Crippen LogP contribution in [0.15, 0.2) is 116 Å². The summed E-state index contributed by atoms with van der Waals surface area (Å²) < 4.78 is 0. The Labute approximate surface area is 734 Å². The van der Waals surface area contributed by atoms with Crippen LogP contribution in [0.4, 0.5) is 0 Å². The molecule has 678 valence electrons. The average molecular weight is 1770 g/mol. The quantitative estimate of drug-likeness (QED) is 0.0187. The molecule has 125 heavy (non-hydrogen) atoms. The Morgan fingerprint density at radius 2 is 0.928 bits per heavy atom. The SMILES string of the molecule is CC[C@H](C)[C@H](NC(=O)[C@H](CCC(=O)O)NC(=O)[C@H](CS)NC(=O)[C@@H](NC(=O)[C@H](CC(C)C)NC(=O)[C@@H]1CCCN1C(=O)[C@H](CC(=O)O)NC(=O)[C@H](Cc1c[nH]c2ccccc12)NC(=O)[C@H](C)NC(=O)[C@H](CS)NC(=O)[C@H](Cc1ccc(O)cc1)NC(=O)[C@H](Cc1c[nH]c2ccccc12)NC(=O)[C@@H](N)CCCCN)C(C)C)C(=O)N[C@@H](Cc1ccccc1)C(=O)O. The largest absolute Gasteiger partial charge is 0.508 e. The van der Waals surface area contributed by atoms with Crippen LogP contribution in [0.25, 0.3) is 21.8 Å². The zero-order chi connectivity index (χ0) is 91.9. The number of amides is 13. The van der Waals surface area contributed by atoms with E-state index in [4.69, 9.17) is 11.5 Å². The van der Waals surface area contributed by atoms with E-state index in [-0.39, 0.29) is 75.3 Å². The van der Waals surface area contributed by atoms with Gasteiger partial charge in [0.1, 0.15) is 84.3 Å².